The summed E-state index contributed by atoms with van der Waals surface area (Å²) in [4.78, 5) is 231. The van der Waals surface area contributed by atoms with Gasteiger partial charge in [0.15, 0.2) is 29.1 Å². The lowest BCUT2D eigenvalue weighted by Crippen LogP contribution is -2.34. The van der Waals surface area contributed by atoms with E-state index >= 15 is 0 Å². The van der Waals surface area contributed by atoms with Crippen LogP contribution in [0.2, 0.25) is 0 Å². The van der Waals surface area contributed by atoms with Gasteiger partial charge in [-0.25, -0.2) is 33.9 Å². The minimum absolute atomic E-state index is 0.0112. The molecule has 14 unspecified atom stereocenters. The van der Waals surface area contributed by atoms with Crippen LogP contribution >= 0.6 is 47.1 Å². The van der Waals surface area contributed by atoms with Crippen LogP contribution in [0.15, 0.2) is 82.0 Å². The maximum Gasteiger partial charge on any atom is 0.351 e. The highest BCUT2D eigenvalue weighted by atomic mass is 32.7. The summed E-state index contributed by atoms with van der Waals surface area (Å²) in [6, 6.07) is 0. The van der Waals surface area contributed by atoms with Crippen LogP contribution in [-0.4, -0.2) is 219 Å². The Labute approximate surface area is 857 Å². The molecule has 28 atom stereocenters. The second-order valence-electron chi connectivity index (χ2n) is 34.1. The van der Waals surface area contributed by atoms with E-state index in [9.17, 15) is 72.3 Å². The second kappa shape index (κ2) is 44.7. The van der Waals surface area contributed by atoms with Crippen molar-refractivity contribution in [3.8, 4) is 0 Å². The lowest BCUT2D eigenvalue weighted by Gasteiger charge is -2.36. The Morgan fingerprint density at radius 2 is 0.603 bits per heavy atom. The van der Waals surface area contributed by atoms with Gasteiger partial charge >= 0.3 is 28.4 Å². The summed E-state index contributed by atoms with van der Waals surface area (Å²) in [5.74, 6) is -1.07. The summed E-state index contributed by atoms with van der Waals surface area (Å²) in [5, 5.41) is 0. The molecule has 7 aliphatic heterocycles. The lowest BCUT2D eigenvalue weighted by molar-refractivity contribution is -0.221. The van der Waals surface area contributed by atoms with Crippen molar-refractivity contribution in [2.75, 3.05) is 81.2 Å². The Hall–Kier alpha value is -6.90. The zero-order valence-corrected chi connectivity index (χ0v) is 88.9. The fraction of sp³-hybridized carbons (Fsp3) is 0.583. The number of ether oxygens (including phenoxy) is 7. The molecule has 60 nitrogen and oxygen atoms in total. The second-order valence-corrected chi connectivity index (χ2v) is 53.1. The number of hydrogen-bond donors (Lipinski definition) is 9. The van der Waals surface area contributed by atoms with Crippen molar-refractivity contribution >= 4 is 188 Å². The van der Waals surface area contributed by atoms with Crippen LogP contribution in [0.3, 0.4) is 0 Å². The van der Waals surface area contributed by atoms with Gasteiger partial charge in [0.1, 0.15) is 144 Å². The fourth-order valence-electron chi connectivity index (χ4n) is 16.8. The van der Waals surface area contributed by atoms with Gasteiger partial charge in [0.2, 0.25) is 11.9 Å². The lowest BCUT2D eigenvalue weighted by atomic mass is 10.1. The molecule has 9 aromatic rings. The zero-order chi connectivity index (χ0) is 105. The Bertz CT molecular complexity index is 7380. The molecule has 15 N–H and O–H groups in total. The number of rotatable bonds is 41. The number of nitrogens with two attached hydrogens (primary N) is 6. The van der Waals surface area contributed by atoms with E-state index < -0.39 is 287 Å². The van der Waals surface area contributed by atoms with E-state index in [0.29, 0.717) is 12.0 Å². The normalized spacial score (nSPS) is 29.4. The molecule has 16 rings (SSSR count). The molecule has 0 aromatic carbocycles. The van der Waals surface area contributed by atoms with E-state index in [4.69, 9.17) is 214 Å². The smallest absolute Gasteiger partial charge is 0.351 e. The van der Waals surface area contributed by atoms with Crippen LogP contribution in [0.4, 0.5) is 35.2 Å². The first-order chi connectivity index (χ1) is 68.5. The largest absolute Gasteiger partial charge is 0.780 e. The average Bonchev–Trinajstić information content (AvgIpc) is 1.62. The van der Waals surface area contributed by atoms with Crippen molar-refractivity contribution in [3.05, 3.63) is 155 Å². The summed E-state index contributed by atoms with van der Waals surface area (Å²) < 4.78 is 148. The van der Waals surface area contributed by atoms with Crippen LogP contribution in [-0.2, 0) is 184 Å². The van der Waals surface area contributed by atoms with Crippen molar-refractivity contribution in [2.24, 2.45) is 0 Å². The minimum atomic E-state index is -5.06. The molecule has 0 saturated carbocycles. The molecular weight excluding hydrogens is 2220 g/mol. The molecule has 7 saturated heterocycles. The van der Waals surface area contributed by atoms with Gasteiger partial charge < -0.3 is 173 Å². The number of nitrogen functional groups attached to an aromatic ring is 6. The van der Waals surface area contributed by atoms with Crippen molar-refractivity contribution in [1.29, 1.82) is 0 Å². The highest BCUT2D eigenvalue weighted by Gasteiger charge is 2.50. The third-order valence-electron chi connectivity index (χ3n) is 24.0. The van der Waals surface area contributed by atoms with E-state index in [-0.39, 0.29) is 99.0 Å². The van der Waals surface area contributed by atoms with Gasteiger partial charge in [0.05, 0.1) is 101 Å². The van der Waals surface area contributed by atoms with Gasteiger partial charge in [-0.2, -0.15) is 29.9 Å². The van der Waals surface area contributed by atoms with Crippen LogP contribution < -0.4 is 109 Å². The Morgan fingerprint density at radius 3 is 0.890 bits per heavy atom. The van der Waals surface area contributed by atoms with E-state index in [1.54, 1.807) is 13.8 Å². The molecule has 7 fully saturated rings. The molecule has 146 heavy (non-hydrogen) atoms. The molecule has 0 bridgehead atoms. The standard InChI is InChI=1S/C72H99N24O36P7S7/c1-8-34-35(9-53(119-34)95-27-79-55-61(95)85-66(77)87-64(55)98)127-134(106,141)113-22-43-37(10-48(120-43)90-16-29(2)57(73)81-68(90)100)128-136(108,143)115-23-44-38(11-49(121-44)91-17-30(3)58(74)82-69(91)101)129-137(109,144)116-24-45-39(12-50(122-45)92-18-31(4)59(75)83-70(92)102)130-138(110,145)117-25-46-40(13-51(123-46)93-19-32(5)60(76)84-71(93)103)131-139(111,146)118-26-47-41(14-52(124-47)94-20-33(6)63(97)89-72(94)104)132-135(107,142)114-21-42-36(126-133(105,140)112-7)15-54(125-42)96-28-80-56-62(96)86-67(78)88-65(56)99/h16-20,27-28,34-54H,8-15,21-26H2,1-7H3,(H,105,140)(H,106,141)(H,107,142)(H,108,143)(H,109,144)(H,110,145)(H,111,146)(H2,73,81,100)(H2,74,82,101)(H2,75,83,102)(H2,76,84,103)(H,89,97,104)(H3,77,85,87,98)(H3,78,86,88,99)/p-7/t34-,35?,36?,37?,38?,39?,40?,41?,42-,43-,44-,45-,46-,47-,48-,49-,50-,51-,52-,53-,54-,133?,134?,135?,136?,137?,138?,139?/m1/s1. The van der Waals surface area contributed by atoms with E-state index in [0.717, 1.165) is 36.1 Å². The third-order valence-corrected chi connectivity index (χ3v) is 35.1. The summed E-state index contributed by atoms with van der Waals surface area (Å²) in [6.45, 7) is -29.8. The molecule has 7 aliphatic rings. The van der Waals surface area contributed by atoms with Crippen LogP contribution in [0, 0.1) is 34.6 Å². The van der Waals surface area contributed by atoms with Crippen molar-refractivity contribution in [1.82, 2.24) is 86.8 Å². The van der Waals surface area contributed by atoms with Crippen molar-refractivity contribution < 1.29 is 130 Å². The molecule has 0 aliphatic carbocycles. The van der Waals surface area contributed by atoms with E-state index in [1.165, 1.54) is 74.3 Å². The number of nitrogens with zero attached hydrogens (tertiary/aromatic N) is 15. The van der Waals surface area contributed by atoms with Crippen molar-refractivity contribution in [3.63, 3.8) is 0 Å². The Kier molecular flexibility index (Phi) is 34.2. The van der Waals surface area contributed by atoms with Gasteiger partial charge in [-0.1, -0.05) is 77.8 Å². The number of fused-ring (bicyclic) bond motifs is 2. The first-order valence-electron chi connectivity index (χ1n) is 43.7. The van der Waals surface area contributed by atoms with Crippen LogP contribution in [0.25, 0.3) is 22.3 Å². The number of aryl methyl sites for hydroxylation is 5. The predicted octanol–water partition coefficient (Wildman–Crippen LogP) is -3.11. The fourth-order valence-corrected chi connectivity index (χ4v) is 26.5. The highest BCUT2D eigenvalue weighted by molar-refractivity contribution is 8.32. The molecule has 0 radical (unpaired) electrons. The van der Waals surface area contributed by atoms with Gasteiger partial charge in [-0.05, 0) is 41.0 Å². The Balaban J connectivity index is 0.601. The number of imidazole rings is 2. The predicted molar refractivity (Wildman–Crippen MR) is 519 cm³/mol. The number of anilines is 6. The number of H-pyrrole nitrogens is 3. The SMILES string of the molecule is CC[C@H]1O[C@@H](n2cnc3c(=O)[nH]c(N)nc32)CC1OP([O-])(=S)OC[C@H]1O[C@@H](n2cc(C)c(N)nc2=O)CC1OP(=O)([S-])OC[C@H]1O[C@@H](n2cc(C)c(N)nc2=O)CC1OP([O-])(=S)OC[C@H]1O[C@@H](n2cc(C)c(N)nc2=O)CC1OP([O-])(=S)OC[C@H]1O[C@@H](n2cc(C)c(N)nc2=O)CC1OP([O-])(=S)OC[C@H]1O[C@@H](n2cc(C)c(=O)[nH]c2=O)CC1OP([O-])(=S)OC[C@H]1O[C@@H](n2cnc3c(=O)[nH]c(N)nc32)CC1OP([O-])(=S)OC. The first-order valence-corrected chi connectivity index (χ1v) is 61.6. The molecule has 0 amide bonds. The number of aromatic nitrogens is 18. The summed E-state index contributed by atoms with van der Waals surface area (Å²) in [6.07, 6.45) is -22.3. The van der Waals surface area contributed by atoms with Gasteiger partial charge in [0.25, 0.3) is 16.7 Å². The summed E-state index contributed by atoms with van der Waals surface area (Å²) in [7, 11) is 1.03. The Morgan fingerprint density at radius 1 is 0.356 bits per heavy atom. The summed E-state index contributed by atoms with van der Waals surface area (Å²) in [5.41, 5.74) is 29.9. The van der Waals surface area contributed by atoms with Gasteiger partial charge in [-0.3, -0.25) is 65.9 Å². The number of hydrogen-bond acceptors (Lipinski definition) is 57. The highest BCUT2D eigenvalue weighted by Crippen LogP contribution is 2.57. The molecule has 800 valence electrons. The first kappa shape index (κ1) is 112. The van der Waals surface area contributed by atoms with Crippen LogP contribution in [0.1, 0.15) is 130 Å². The van der Waals surface area contributed by atoms with Crippen molar-refractivity contribution in [2.45, 2.75) is 222 Å². The van der Waals surface area contributed by atoms with Crippen LogP contribution in [0.5, 0.6) is 0 Å². The molecule has 0 spiro atoms. The molecule has 74 heteroatoms. The van der Waals surface area contributed by atoms with Gasteiger partial charge in [0, 0.05) is 111 Å². The topological polar surface area (TPSA) is 827 Å². The number of nitrogens with one attached hydrogen (secondary N) is 3. The van der Waals surface area contributed by atoms with E-state index in [1.807, 2.05) is 0 Å². The maximum absolute atomic E-state index is 15.0. The van der Waals surface area contributed by atoms with E-state index in [2.05, 4.69) is 54.8 Å². The zero-order valence-electron chi connectivity index (χ0n) is 76.9. The molecule has 9 aromatic heterocycles. The molecule has 16 heterocycles. The summed E-state index contributed by atoms with van der Waals surface area (Å²) >= 11 is 37.9. The number of aromatic amines is 3. The quantitative estimate of drug-likeness (QED) is 0.0135. The average molecular weight is 2310 g/mol. The maximum atomic E-state index is 15.0. The minimum Gasteiger partial charge on any atom is -0.780 e. The monoisotopic (exact) mass is 2310 g/mol. The molecular formula is C72H92N24O36P7S7-7. The van der Waals surface area contributed by atoms with Gasteiger partial charge in [-0.15, -0.1) is 0 Å². The third kappa shape index (κ3) is 26.2.